The highest BCUT2D eigenvalue weighted by Gasteiger charge is 2.52. The summed E-state index contributed by atoms with van der Waals surface area (Å²) in [7, 11) is -4.07. The van der Waals surface area contributed by atoms with Crippen molar-refractivity contribution < 1.29 is 28.7 Å². The van der Waals surface area contributed by atoms with E-state index in [-0.39, 0.29) is 0 Å². The molecule has 6 nitrogen and oxygen atoms in total. The van der Waals surface area contributed by atoms with Gasteiger partial charge < -0.3 is 15.1 Å². The molecule has 0 aromatic carbocycles. The van der Waals surface area contributed by atoms with Crippen LogP contribution in [-0.2, 0) is 13.6 Å². The summed E-state index contributed by atoms with van der Waals surface area (Å²) in [6.07, 6.45) is -0.802. The average Bonchev–Trinajstić information content (AvgIpc) is 2.21. The van der Waals surface area contributed by atoms with Crippen LogP contribution in [0.15, 0.2) is 0 Å². The second-order valence-electron chi connectivity index (χ2n) is 2.69. The van der Waals surface area contributed by atoms with Crippen molar-refractivity contribution in [2.24, 2.45) is 0 Å². The molecule has 0 aromatic heterocycles. The molecular weight excluding hydrogens is 187 g/mol. The van der Waals surface area contributed by atoms with E-state index in [1.807, 2.05) is 0 Å². The zero-order valence-corrected chi connectivity index (χ0v) is 7.40. The van der Waals surface area contributed by atoms with Gasteiger partial charge in [-0.3, -0.25) is 9.05 Å². The second-order valence-corrected chi connectivity index (χ2v) is 4.02. The van der Waals surface area contributed by atoms with Crippen LogP contribution in [0.4, 0.5) is 0 Å². The van der Waals surface area contributed by atoms with Crippen LogP contribution in [0.2, 0.25) is 0 Å². The highest BCUT2D eigenvalue weighted by molar-refractivity contribution is 7.47. The first kappa shape index (κ1) is 10.1. The van der Waals surface area contributed by atoms with Crippen molar-refractivity contribution in [1.29, 1.82) is 0 Å². The molecule has 1 fully saturated rings. The van der Waals surface area contributed by atoms with Crippen LogP contribution in [-0.4, -0.2) is 40.0 Å². The van der Waals surface area contributed by atoms with Crippen LogP contribution >= 0.6 is 7.82 Å². The van der Waals surface area contributed by atoms with Gasteiger partial charge in [0, 0.05) is 0 Å². The molecule has 1 aliphatic heterocycles. The summed E-state index contributed by atoms with van der Waals surface area (Å²) in [4.78, 5) is 8.85. The van der Waals surface area contributed by atoms with E-state index < -0.39 is 32.7 Å². The van der Waals surface area contributed by atoms with Crippen molar-refractivity contribution in [2.45, 2.75) is 18.6 Å². The van der Waals surface area contributed by atoms with Crippen molar-refractivity contribution in [2.75, 3.05) is 13.2 Å². The van der Waals surface area contributed by atoms with E-state index in [1.54, 1.807) is 0 Å². The largest absolute Gasteiger partial charge is 0.473 e. The van der Waals surface area contributed by atoms with Gasteiger partial charge in [0.05, 0.1) is 13.2 Å². The molecule has 1 saturated heterocycles. The first-order valence-corrected chi connectivity index (χ1v) is 4.89. The van der Waals surface area contributed by atoms with Gasteiger partial charge in [-0.1, -0.05) is 0 Å². The normalized spacial score (nSPS) is 40.2. The zero-order valence-electron chi connectivity index (χ0n) is 6.51. The smallest absolute Gasteiger partial charge is 0.393 e. The first-order valence-electron chi connectivity index (χ1n) is 3.39. The second kappa shape index (κ2) is 3.06. The minimum absolute atomic E-state index is 0.560. The SMILES string of the molecule is CC1OP(=O)(O)OC1(CO)CO. The van der Waals surface area contributed by atoms with E-state index in [9.17, 15) is 4.57 Å². The molecule has 0 radical (unpaired) electrons. The third kappa shape index (κ3) is 1.54. The lowest BCUT2D eigenvalue weighted by molar-refractivity contribution is -0.0490. The van der Waals surface area contributed by atoms with Gasteiger partial charge in [0.2, 0.25) is 0 Å². The number of phosphoric ester groups is 1. The fraction of sp³-hybridized carbons (Fsp3) is 1.00. The maximum atomic E-state index is 10.8. The predicted octanol–water partition coefficient (Wildman–Crippen LogP) is -0.755. The molecule has 12 heavy (non-hydrogen) atoms. The number of hydrogen-bond donors (Lipinski definition) is 3. The molecule has 72 valence electrons. The Kier molecular flexibility index (Phi) is 2.58. The fourth-order valence-electron chi connectivity index (χ4n) is 0.986. The molecule has 2 atom stereocenters. The molecule has 2 unspecified atom stereocenters. The first-order chi connectivity index (χ1) is 5.46. The highest BCUT2D eigenvalue weighted by atomic mass is 31.2. The number of hydrogen-bond acceptors (Lipinski definition) is 5. The molecule has 3 N–H and O–H groups in total. The van der Waals surface area contributed by atoms with E-state index in [0.717, 1.165) is 0 Å². The Morgan fingerprint density at radius 1 is 1.50 bits per heavy atom. The van der Waals surface area contributed by atoms with E-state index in [1.165, 1.54) is 6.92 Å². The van der Waals surface area contributed by atoms with Crippen LogP contribution < -0.4 is 0 Å². The molecular formula is C5H11O6P. The molecule has 0 spiro atoms. The Labute approximate surface area is 69.4 Å². The minimum Gasteiger partial charge on any atom is -0.393 e. The summed E-state index contributed by atoms with van der Waals surface area (Å²) < 4.78 is 19.9. The van der Waals surface area contributed by atoms with Crippen LogP contribution in [0, 0.1) is 0 Å². The third-order valence-corrected chi connectivity index (χ3v) is 3.04. The fourth-order valence-corrected chi connectivity index (χ4v) is 2.34. The van der Waals surface area contributed by atoms with Crippen LogP contribution in [0.3, 0.4) is 0 Å². The highest BCUT2D eigenvalue weighted by Crippen LogP contribution is 2.56. The summed E-state index contributed by atoms with van der Waals surface area (Å²) >= 11 is 0. The summed E-state index contributed by atoms with van der Waals surface area (Å²) in [6.45, 7) is 0.326. The van der Waals surface area contributed by atoms with Gasteiger partial charge in [-0.2, -0.15) is 0 Å². The maximum Gasteiger partial charge on any atom is 0.473 e. The number of aliphatic hydroxyl groups excluding tert-OH is 2. The van der Waals surface area contributed by atoms with Crippen LogP contribution in [0.5, 0.6) is 0 Å². The maximum absolute atomic E-state index is 10.8. The van der Waals surface area contributed by atoms with Crippen molar-refractivity contribution in [1.82, 2.24) is 0 Å². The van der Waals surface area contributed by atoms with Gasteiger partial charge in [-0.05, 0) is 6.92 Å². The van der Waals surface area contributed by atoms with Crippen molar-refractivity contribution >= 4 is 7.82 Å². The van der Waals surface area contributed by atoms with Gasteiger partial charge in [0.15, 0.2) is 5.60 Å². The van der Waals surface area contributed by atoms with Crippen LogP contribution in [0.25, 0.3) is 0 Å². The monoisotopic (exact) mass is 198 g/mol. The van der Waals surface area contributed by atoms with Gasteiger partial charge >= 0.3 is 7.82 Å². The lowest BCUT2D eigenvalue weighted by atomic mass is 10.0. The molecule has 0 saturated carbocycles. The van der Waals surface area contributed by atoms with Crippen molar-refractivity contribution in [3.8, 4) is 0 Å². The topological polar surface area (TPSA) is 96.2 Å². The average molecular weight is 198 g/mol. The Morgan fingerprint density at radius 2 is 2.00 bits per heavy atom. The lowest BCUT2D eigenvalue weighted by Crippen LogP contribution is -2.45. The molecule has 0 bridgehead atoms. The van der Waals surface area contributed by atoms with E-state index in [2.05, 4.69) is 9.05 Å². The number of phosphoric acid groups is 1. The van der Waals surface area contributed by atoms with E-state index in [0.29, 0.717) is 0 Å². The minimum atomic E-state index is -4.07. The summed E-state index contributed by atoms with van der Waals surface area (Å²) in [6, 6.07) is 0. The van der Waals surface area contributed by atoms with Gasteiger partial charge in [-0.15, -0.1) is 0 Å². The third-order valence-electron chi connectivity index (χ3n) is 1.86. The van der Waals surface area contributed by atoms with Gasteiger partial charge in [0.25, 0.3) is 0 Å². The standard InChI is InChI=1S/C5H11O6P/c1-4-5(2-6,3-7)11-12(8,9)10-4/h4,6-7H,2-3H2,1H3,(H,8,9). The zero-order chi connectivity index (χ0) is 9.41. The van der Waals surface area contributed by atoms with Crippen molar-refractivity contribution in [3.05, 3.63) is 0 Å². The molecule has 1 heterocycles. The lowest BCUT2D eigenvalue weighted by Gasteiger charge is -2.24. The molecule has 1 aliphatic rings. The Balaban J connectivity index is 2.86. The van der Waals surface area contributed by atoms with Crippen LogP contribution in [0.1, 0.15) is 6.92 Å². The number of rotatable bonds is 2. The molecule has 7 heteroatoms. The molecule has 0 aromatic rings. The van der Waals surface area contributed by atoms with E-state index in [4.69, 9.17) is 15.1 Å². The quantitative estimate of drug-likeness (QED) is 0.505. The summed E-state index contributed by atoms with van der Waals surface area (Å²) in [5, 5.41) is 17.6. The van der Waals surface area contributed by atoms with E-state index >= 15 is 0 Å². The molecule has 0 aliphatic carbocycles. The molecule has 1 rings (SSSR count). The Morgan fingerprint density at radius 3 is 2.17 bits per heavy atom. The van der Waals surface area contributed by atoms with Gasteiger partial charge in [-0.25, -0.2) is 4.57 Å². The molecule has 0 amide bonds. The Bertz CT molecular complexity index is 212. The van der Waals surface area contributed by atoms with Crippen molar-refractivity contribution in [3.63, 3.8) is 0 Å². The Hall–Kier alpha value is 0.0300. The predicted molar refractivity (Wildman–Crippen MR) is 38.4 cm³/mol. The summed E-state index contributed by atoms with van der Waals surface area (Å²) in [5.74, 6) is 0. The summed E-state index contributed by atoms with van der Waals surface area (Å²) in [5.41, 5.74) is -1.45. The van der Waals surface area contributed by atoms with Gasteiger partial charge in [0.1, 0.15) is 6.10 Å². The number of aliphatic hydroxyl groups is 2.